The summed E-state index contributed by atoms with van der Waals surface area (Å²) in [4.78, 5) is 4.75. The predicted octanol–water partition coefficient (Wildman–Crippen LogP) is 1.98. The average molecular weight is 310 g/mol. The second kappa shape index (κ2) is 8.46. The molecule has 0 aromatic heterocycles. The van der Waals surface area contributed by atoms with Crippen LogP contribution in [0.15, 0.2) is 24.3 Å². The van der Waals surface area contributed by atoms with Crippen molar-refractivity contribution in [3.05, 3.63) is 30.1 Å². The molecule has 0 amide bonds. The van der Waals surface area contributed by atoms with E-state index in [0.29, 0.717) is 18.4 Å². The van der Waals surface area contributed by atoms with Gasteiger partial charge in [-0.3, -0.25) is 9.80 Å². The van der Waals surface area contributed by atoms with Crippen molar-refractivity contribution in [3.63, 3.8) is 0 Å². The topological polar surface area (TPSA) is 35.9 Å². The number of nitrogens with zero attached hydrogens (tertiary/aromatic N) is 2. The first-order valence-corrected chi connectivity index (χ1v) is 8.11. The predicted molar refractivity (Wildman–Crippen MR) is 85.7 cm³/mol. The minimum Gasteiger partial charge on any atom is -0.492 e. The van der Waals surface area contributed by atoms with Gasteiger partial charge in [0.2, 0.25) is 0 Å². The summed E-state index contributed by atoms with van der Waals surface area (Å²) in [6.07, 6.45) is 0.797. The van der Waals surface area contributed by atoms with Crippen LogP contribution in [0.2, 0.25) is 0 Å². The number of hydrogen-bond acceptors (Lipinski definition) is 4. The van der Waals surface area contributed by atoms with Crippen LogP contribution in [0.25, 0.3) is 0 Å². The van der Waals surface area contributed by atoms with Gasteiger partial charge in [0.25, 0.3) is 0 Å². The third-order valence-electron chi connectivity index (χ3n) is 4.13. The SMILES string of the molecule is CC[C@@H]1CN(CCOc2cccc(F)c2)CCN1C[C@@H](C)O. The molecule has 1 N–H and O–H groups in total. The van der Waals surface area contributed by atoms with Crippen LogP contribution in [0.4, 0.5) is 4.39 Å². The van der Waals surface area contributed by atoms with Crippen molar-refractivity contribution in [2.24, 2.45) is 0 Å². The normalized spacial score (nSPS) is 21.7. The molecule has 22 heavy (non-hydrogen) atoms. The number of rotatable bonds is 7. The molecule has 1 aliphatic heterocycles. The molecule has 5 heteroatoms. The van der Waals surface area contributed by atoms with Gasteiger partial charge in [-0.15, -0.1) is 0 Å². The Bertz CT molecular complexity index is 456. The van der Waals surface area contributed by atoms with Crippen LogP contribution in [-0.4, -0.2) is 66.4 Å². The molecule has 0 radical (unpaired) electrons. The largest absolute Gasteiger partial charge is 0.492 e. The summed E-state index contributed by atoms with van der Waals surface area (Å²) in [5, 5.41) is 9.57. The number of ether oxygens (including phenoxy) is 1. The van der Waals surface area contributed by atoms with E-state index in [-0.39, 0.29) is 11.9 Å². The molecule has 1 saturated heterocycles. The Hall–Kier alpha value is -1.17. The summed E-state index contributed by atoms with van der Waals surface area (Å²) >= 11 is 0. The van der Waals surface area contributed by atoms with E-state index >= 15 is 0 Å². The Kier molecular flexibility index (Phi) is 6.61. The van der Waals surface area contributed by atoms with Crippen LogP contribution in [0, 0.1) is 5.82 Å². The Morgan fingerprint density at radius 1 is 1.41 bits per heavy atom. The number of β-amino-alcohol motifs (C(OH)–C–C–N with tert-alkyl or cyclic N) is 1. The summed E-state index contributed by atoms with van der Waals surface area (Å²) in [7, 11) is 0. The fourth-order valence-corrected chi connectivity index (χ4v) is 2.98. The van der Waals surface area contributed by atoms with Gasteiger partial charge in [0.15, 0.2) is 0 Å². The smallest absolute Gasteiger partial charge is 0.126 e. The number of hydrogen-bond donors (Lipinski definition) is 1. The molecule has 0 saturated carbocycles. The molecule has 0 unspecified atom stereocenters. The summed E-state index contributed by atoms with van der Waals surface area (Å²) < 4.78 is 18.7. The first-order chi connectivity index (χ1) is 10.6. The fraction of sp³-hybridized carbons (Fsp3) is 0.647. The van der Waals surface area contributed by atoms with Crippen LogP contribution in [0.1, 0.15) is 20.3 Å². The van der Waals surface area contributed by atoms with Crippen LogP contribution in [0.5, 0.6) is 5.75 Å². The first kappa shape index (κ1) is 17.2. The number of aliphatic hydroxyl groups excluding tert-OH is 1. The molecule has 0 spiro atoms. The molecule has 1 aliphatic rings. The van der Waals surface area contributed by atoms with Crippen molar-refractivity contribution >= 4 is 0 Å². The Morgan fingerprint density at radius 2 is 2.23 bits per heavy atom. The zero-order valence-corrected chi connectivity index (χ0v) is 13.5. The number of halogens is 1. The highest BCUT2D eigenvalue weighted by Gasteiger charge is 2.26. The summed E-state index contributed by atoms with van der Waals surface area (Å²) in [5.41, 5.74) is 0. The van der Waals surface area contributed by atoms with E-state index in [0.717, 1.165) is 39.1 Å². The summed E-state index contributed by atoms with van der Waals surface area (Å²) in [5.74, 6) is 0.315. The fourth-order valence-electron chi connectivity index (χ4n) is 2.98. The van der Waals surface area contributed by atoms with Crippen LogP contribution >= 0.6 is 0 Å². The third-order valence-corrected chi connectivity index (χ3v) is 4.13. The van der Waals surface area contributed by atoms with Gasteiger partial charge < -0.3 is 9.84 Å². The van der Waals surface area contributed by atoms with Crippen LogP contribution in [0.3, 0.4) is 0 Å². The molecule has 1 aromatic rings. The maximum Gasteiger partial charge on any atom is 0.126 e. The van der Waals surface area contributed by atoms with Gasteiger partial charge in [-0.2, -0.15) is 0 Å². The molecule has 0 aliphatic carbocycles. The highest BCUT2D eigenvalue weighted by Crippen LogP contribution is 2.15. The molecule has 124 valence electrons. The highest BCUT2D eigenvalue weighted by molar-refractivity contribution is 5.22. The second-order valence-electron chi connectivity index (χ2n) is 6.01. The minimum atomic E-state index is -0.281. The van der Waals surface area contributed by atoms with Gasteiger partial charge >= 0.3 is 0 Å². The maximum atomic E-state index is 13.1. The molecular formula is C17H27FN2O2. The number of benzene rings is 1. The molecular weight excluding hydrogens is 283 g/mol. The lowest BCUT2D eigenvalue weighted by Gasteiger charge is -2.41. The zero-order valence-electron chi connectivity index (χ0n) is 13.5. The standard InChI is InChI=1S/C17H27FN2O2/c1-3-16-13-19(7-8-20(16)12-14(2)21)9-10-22-17-6-4-5-15(18)11-17/h4-6,11,14,16,21H,3,7-10,12-13H2,1-2H3/t14-,16-/m1/s1. The summed E-state index contributed by atoms with van der Waals surface area (Å²) in [6.45, 7) is 9.13. The van der Waals surface area contributed by atoms with Crippen molar-refractivity contribution in [2.45, 2.75) is 32.4 Å². The monoisotopic (exact) mass is 310 g/mol. The van der Waals surface area contributed by atoms with Crippen molar-refractivity contribution in [2.75, 3.05) is 39.3 Å². The lowest BCUT2D eigenvalue weighted by molar-refractivity contribution is 0.0322. The molecule has 0 bridgehead atoms. The number of piperazine rings is 1. The Balaban J connectivity index is 1.75. The van der Waals surface area contributed by atoms with Gasteiger partial charge in [-0.05, 0) is 25.5 Å². The van der Waals surface area contributed by atoms with Gasteiger partial charge in [0, 0.05) is 44.8 Å². The first-order valence-electron chi connectivity index (χ1n) is 8.11. The lowest BCUT2D eigenvalue weighted by atomic mass is 10.1. The maximum absolute atomic E-state index is 13.1. The molecule has 1 heterocycles. The molecule has 1 aromatic carbocycles. The van der Waals surface area contributed by atoms with E-state index in [1.807, 2.05) is 6.92 Å². The molecule has 2 rings (SSSR count). The number of aliphatic hydroxyl groups is 1. The third kappa shape index (κ3) is 5.23. The second-order valence-corrected chi connectivity index (χ2v) is 6.01. The van der Waals surface area contributed by atoms with E-state index < -0.39 is 0 Å². The van der Waals surface area contributed by atoms with E-state index in [1.54, 1.807) is 12.1 Å². The van der Waals surface area contributed by atoms with Gasteiger partial charge in [-0.25, -0.2) is 4.39 Å². The van der Waals surface area contributed by atoms with E-state index in [2.05, 4.69) is 16.7 Å². The van der Waals surface area contributed by atoms with E-state index in [1.165, 1.54) is 12.1 Å². The minimum absolute atomic E-state index is 0.268. The van der Waals surface area contributed by atoms with E-state index in [9.17, 15) is 9.50 Å². The van der Waals surface area contributed by atoms with E-state index in [4.69, 9.17) is 4.74 Å². The van der Waals surface area contributed by atoms with Crippen molar-refractivity contribution in [1.82, 2.24) is 9.80 Å². The average Bonchev–Trinajstić information content (AvgIpc) is 2.48. The van der Waals surface area contributed by atoms with Crippen molar-refractivity contribution in [3.8, 4) is 5.75 Å². The highest BCUT2D eigenvalue weighted by atomic mass is 19.1. The quantitative estimate of drug-likeness (QED) is 0.835. The Labute approximate surface area is 132 Å². The summed E-state index contributed by atoms with van der Waals surface area (Å²) in [6, 6.07) is 6.75. The molecule has 4 nitrogen and oxygen atoms in total. The van der Waals surface area contributed by atoms with Crippen molar-refractivity contribution < 1.29 is 14.2 Å². The molecule has 2 atom stereocenters. The van der Waals surface area contributed by atoms with Crippen molar-refractivity contribution in [1.29, 1.82) is 0 Å². The Morgan fingerprint density at radius 3 is 2.91 bits per heavy atom. The van der Waals surface area contributed by atoms with Crippen LogP contribution < -0.4 is 4.74 Å². The lowest BCUT2D eigenvalue weighted by Crippen LogP contribution is -2.55. The van der Waals surface area contributed by atoms with Gasteiger partial charge in [-0.1, -0.05) is 13.0 Å². The van der Waals surface area contributed by atoms with Gasteiger partial charge in [0.1, 0.15) is 18.2 Å². The molecule has 1 fully saturated rings. The van der Waals surface area contributed by atoms with Gasteiger partial charge in [0.05, 0.1) is 6.10 Å². The zero-order chi connectivity index (χ0) is 15.9. The van der Waals surface area contributed by atoms with Crippen LogP contribution in [-0.2, 0) is 0 Å².